The molecular weight excluding hydrogens is 409 g/mol. The summed E-state index contributed by atoms with van der Waals surface area (Å²) in [6, 6.07) is 8.20. The molecule has 3 heterocycles. The standard InChI is InChI=1S/C22H21F3N4O2/c1-13-6-7-29-18(10-26-21(29)27-13)20(30)28-11-15-8-14(9-16(15)12-28)17-4-2-3-5-19(17)31-22(23,24)25/h2-7,10,14-16H,8-9,11-12H2,1H3/t14-,15-,16+. The molecule has 1 saturated heterocycles. The van der Waals surface area contributed by atoms with Crippen molar-refractivity contribution >= 4 is 11.7 Å². The third kappa shape index (κ3) is 3.73. The summed E-state index contributed by atoms with van der Waals surface area (Å²) in [7, 11) is 0. The highest BCUT2D eigenvalue weighted by atomic mass is 19.4. The Morgan fingerprint density at radius 1 is 1.13 bits per heavy atom. The largest absolute Gasteiger partial charge is 0.573 e. The van der Waals surface area contributed by atoms with E-state index in [0.29, 0.717) is 30.1 Å². The molecule has 1 aromatic carbocycles. The number of nitrogens with zero attached hydrogens (tertiary/aromatic N) is 4. The van der Waals surface area contributed by atoms with Gasteiger partial charge in [-0.15, -0.1) is 13.2 Å². The minimum Gasteiger partial charge on any atom is -0.405 e. The van der Waals surface area contributed by atoms with Crippen LogP contribution in [0, 0.1) is 18.8 Å². The zero-order chi connectivity index (χ0) is 21.8. The average Bonchev–Trinajstić information content (AvgIpc) is 3.39. The van der Waals surface area contributed by atoms with E-state index in [-0.39, 0.29) is 29.4 Å². The molecule has 1 aliphatic carbocycles. The maximum atomic E-state index is 13.1. The van der Waals surface area contributed by atoms with Crippen LogP contribution in [0.15, 0.2) is 42.7 Å². The van der Waals surface area contributed by atoms with E-state index in [1.54, 1.807) is 35.0 Å². The van der Waals surface area contributed by atoms with Crippen LogP contribution in [-0.2, 0) is 0 Å². The van der Waals surface area contributed by atoms with Crippen LogP contribution < -0.4 is 4.74 Å². The van der Waals surface area contributed by atoms with Crippen molar-refractivity contribution in [1.82, 2.24) is 19.3 Å². The molecule has 2 aromatic heterocycles. The fourth-order valence-electron chi connectivity index (χ4n) is 5.03. The molecule has 0 radical (unpaired) electrons. The van der Waals surface area contributed by atoms with Crippen molar-refractivity contribution in [2.75, 3.05) is 13.1 Å². The van der Waals surface area contributed by atoms with Crippen LogP contribution in [-0.4, -0.2) is 44.6 Å². The van der Waals surface area contributed by atoms with Gasteiger partial charge in [-0.1, -0.05) is 18.2 Å². The number of carbonyl (C=O) groups is 1. The molecule has 0 spiro atoms. The van der Waals surface area contributed by atoms with E-state index in [9.17, 15) is 18.0 Å². The number of aryl methyl sites for hydroxylation is 1. The number of hydrogen-bond donors (Lipinski definition) is 0. The van der Waals surface area contributed by atoms with Crippen molar-refractivity contribution in [3.8, 4) is 5.75 Å². The lowest BCUT2D eigenvalue weighted by atomic mass is 9.95. The van der Waals surface area contributed by atoms with Crippen LogP contribution in [0.4, 0.5) is 13.2 Å². The lowest BCUT2D eigenvalue weighted by molar-refractivity contribution is -0.275. The van der Waals surface area contributed by atoms with Gasteiger partial charge in [0.05, 0.1) is 6.20 Å². The molecule has 1 aliphatic heterocycles. The van der Waals surface area contributed by atoms with Gasteiger partial charge in [0, 0.05) is 25.0 Å². The topological polar surface area (TPSA) is 59.7 Å². The van der Waals surface area contributed by atoms with Crippen LogP contribution in [0.5, 0.6) is 5.75 Å². The predicted octanol–water partition coefficient (Wildman–Crippen LogP) is 4.20. The first-order valence-corrected chi connectivity index (χ1v) is 10.2. The summed E-state index contributed by atoms with van der Waals surface area (Å²) in [5, 5.41) is 0. The molecule has 31 heavy (non-hydrogen) atoms. The van der Waals surface area contributed by atoms with Gasteiger partial charge in [-0.2, -0.15) is 0 Å². The van der Waals surface area contributed by atoms with Gasteiger partial charge in [0.1, 0.15) is 11.4 Å². The van der Waals surface area contributed by atoms with Gasteiger partial charge in [-0.25, -0.2) is 9.97 Å². The number of rotatable bonds is 3. The highest BCUT2D eigenvalue weighted by molar-refractivity contribution is 5.93. The van der Waals surface area contributed by atoms with E-state index in [2.05, 4.69) is 14.7 Å². The third-order valence-corrected chi connectivity index (χ3v) is 6.36. The number of ether oxygens (including phenoxy) is 1. The molecule has 6 nitrogen and oxygen atoms in total. The van der Waals surface area contributed by atoms with Crippen LogP contribution in [0.25, 0.3) is 5.78 Å². The molecule has 3 atom stereocenters. The lowest BCUT2D eigenvalue weighted by Crippen LogP contribution is -2.30. The molecule has 162 valence electrons. The Hall–Kier alpha value is -3.10. The maximum absolute atomic E-state index is 13.1. The molecule has 5 rings (SSSR count). The first-order chi connectivity index (χ1) is 14.8. The number of alkyl halides is 3. The van der Waals surface area contributed by atoms with E-state index >= 15 is 0 Å². The molecule has 2 aliphatic rings. The number of imidazole rings is 1. The Labute approximate surface area is 176 Å². The molecule has 1 saturated carbocycles. The summed E-state index contributed by atoms with van der Waals surface area (Å²) in [6.45, 7) is 3.05. The van der Waals surface area contributed by atoms with Gasteiger partial charge in [0.2, 0.25) is 5.78 Å². The third-order valence-electron chi connectivity index (χ3n) is 6.36. The summed E-state index contributed by atoms with van der Waals surface area (Å²) in [5.74, 6) is 0.782. The SMILES string of the molecule is Cc1ccn2c(C(=O)N3C[C@H]4C[C@@H](c5ccccc5OC(F)(F)F)C[C@H]4C3)cnc2n1. The second-order valence-electron chi connectivity index (χ2n) is 8.37. The minimum absolute atomic E-state index is 0.00576. The van der Waals surface area contributed by atoms with Gasteiger partial charge in [0.15, 0.2) is 0 Å². The fourth-order valence-corrected chi connectivity index (χ4v) is 5.03. The molecule has 0 bridgehead atoms. The normalized spacial score (nSPS) is 23.4. The zero-order valence-corrected chi connectivity index (χ0v) is 16.8. The summed E-state index contributed by atoms with van der Waals surface area (Å²) >= 11 is 0. The van der Waals surface area contributed by atoms with Gasteiger partial charge in [0.25, 0.3) is 5.91 Å². The fraction of sp³-hybridized carbons (Fsp3) is 0.409. The smallest absolute Gasteiger partial charge is 0.405 e. The average molecular weight is 430 g/mol. The maximum Gasteiger partial charge on any atom is 0.573 e. The number of aromatic nitrogens is 3. The van der Waals surface area contributed by atoms with Crippen LogP contribution >= 0.6 is 0 Å². The van der Waals surface area contributed by atoms with Gasteiger partial charge in [-0.3, -0.25) is 9.20 Å². The van der Waals surface area contributed by atoms with Crippen molar-refractivity contribution in [3.63, 3.8) is 0 Å². The van der Waals surface area contributed by atoms with Crippen molar-refractivity contribution in [1.29, 1.82) is 0 Å². The Bertz CT molecular complexity index is 1130. The van der Waals surface area contributed by atoms with Crippen LogP contribution in [0.2, 0.25) is 0 Å². The number of amides is 1. The molecule has 2 fully saturated rings. The van der Waals surface area contributed by atoms with Crippen LogP contribution in [0.1, 0.15) is 40.5 Å². The summed E-state index contributed by atoms with van der Waals surface area (Å²) in [6.07, 6.45) is 0.102. The van der Waals surface area contributed by atoms with Gasteiger partial charge in [-0.05, 0) is 55.2 Å². The monoisotopic (exact) mass is 430 g/mol. The summed E-state index contributed by atoms with van der Waals surface area (Å²) in [4.78, 5) is 23.5. The van der Waals surface area contributed by atoms with E-state index < -0.39 is 6.36 Å². The van der Waals surface area contributed by atoms with Crippen molar-refractivity contribution < 1.29 is 22.7 Å². The second kappa shape index (κ2) is 7.25. The van der Waals surface area contributed by atoms with Crippen molar-refractivity contribution in [2.45, 2.75) is 32.0 Å². The van der Waals surface area contributed by atoms with Crippen LogP contribution in [0.3, 0.4) is 0 Å². The number of carbonyl (C=O) groups excluding carboxylic acids is 1. The van der Waals surface area contributed by atoms with Gasteiger partial charge < -0.3 is 9.64 Å². The number of hydrogen-bond acceptors (Lipinski definition) is 4. The van der Waals surface area contributed by atoms with Gasteiger partial charge >= 0.3 is 6.36 Å². The molecule has 0 N–H and O–H groups in total. The number of para-hydroxylation sites is 1. The highest BCUT2D eigenvalue weighted by Gasteiger charge is 2.44. The van der Waals surface area contributed by atoms with E-state index in [1.807, 2.05) is 17.9 Å². The first kappa shape index (κ1) is 19.8. The Balaban J connectivity index is 1.30. The summed E-state index contributed by atoms with van der Waals surface area (Å²) < 4.78 is 44.2. The lowest BCUT2D eigenvalue weighted by Gasteiger charge is -2.21. The molecule has 9 heteroatoms. The number of fused-ring (bicyclic) bond motifs is 2. The molecule has 1 amide bonds. The Kier molecular flexibility index (Phi) is 4.64. The first-order valence-electron chi connectivity index (χ1n) is 10.2. The Morgan fingerprint density at radius 3 is 2.55 bits per heavy atom. The van der Waals surface area contributed by atoms with E-state index in [1.165, 1.54) is 6.07 Å². The number of halogens is 3. The van der Waals surface area contributed by atoms with E-state index in [0.717, 1.165) is 18.5 Å². The van der Waals surface area contributed by atoms with Crippen molar-refractivity contribution in [2.24, 2.45) is 11.8 Å². The Morgan fingerprint density at radius 2 is 1.84 bits per heavy atom. The number of likely N-dealkylation sites (tertiary alicyclic amines) is 1. The number of benzene rings is 1. The molecule has 0 unspecified atom stereocenters. The second-order valence-corrected chi connectivity index (χ2v) is 8.37. The molecule has 3 aromatic rings. The zero-order valence-electron chi connectivity index (χ0n) is 16.8. The summed E-state index contributed by atoms with van der Waals surface area (Å²) in [5.41, 5.74) is 1.90. The van der Waals surface area contributed by atoms with Crippen molar-refractivity contribution in [3.05, 3.63) is 59.7 Å². The molecular formula is C22H21F3N4O2. The van der Waals surface area contributed by atoms with E-state index in [4.69, 9.17) is 0 Å². The predicted molar refractivity (Wildman–Crippen MR) is 106 cm³/mol. The minimum atomic E-state index is -4.71. The quantitative estimate of drug-likeness (QED) is 0.625. The highest BCUT2D eigenvalue weighted by Crippen LogP contribution is 2.48.